The molecule has 1 aromatic heterocycles. The zero-order valence-electron chi connectivity index (χ0n) is 20.4. The summed E-state index contributed by atoms with van der Waals surface area (Å²) in [5.41, 5.74) is 6.94. The highest BCUT2D eigenvalue weighted by molar-refractivity contribution is 7.16. The van der Waals surface area contributed by atoms with Gasteiger partial charge in [-0.15, -0.1) is 15.8 Å². The first kappa shape index (κ1) is 27.4. The van der Waals surface area contributed by atoms with Gasteiger partial charge in [-0.1, -0.05) is 17.7 Å². The Labute approximate surface area is 222 Å². The number of thiophene rings is 1. The van der Waals surface area contributed by atoms with Crippen LogP contribution in [-0.2, 0) is 16.3 Å². The number of piperidine rings is 1. The average molecular weight is 558 g/mol. The van der Waals surface area contributed by atoms with Crippen LogP contribution in [0.4, 0.5) is 29.0 Å². The standard InChI is InChI=1S/C25H28ClF4N5OS/c1-16(31)17(13-33-22-19(27)4-3-5-20(22)32-8-11-34(2)30)14-35-9-6-24(7-10-35)23-18(12-21(26)37-23)25(28,29)15-36-24/h3-5,8,11-13,32H,6-7,9-10,14-15,31H2,1-2H3/b11-8-,17-16+,33-13?. The molecule has 6 nitrogen and oxygen atoms in total. The Kier molecular flexibility index (Phi) is 8.17. The molecule has 2 aromatic rings. The molecule has 2 aliphatic rings. The Morgan fingerprint density at radius 1 is 1.35 bits per heavy atom. The zero-order chi connectivity index (χ0) is 26.8. The SMILES string of the molecule is C/C(N)=C(/C=Nc1c(F)cccc1N/C=C\N(C)F)CN1CCC2(CC1)OCC(F)(F)c1cc(Cl)sc12. The second-order valence-corrected chi connectivity index (χ2v) is 10.8. The summed E-state index contributed by atoms with van der Waals surface area (Å²) in [5, 5.41) is 3.17. The lowest BCUT2D eigenvalue weighted by Crippen LogP contribution is -2.49. The third kappa shape index (κ3) is 6.11. The van der Waals surface area contributed by atoms with Crippen LogP contribution in [0.1, 0.15) is 30.2 Å². The molecule has 1 spiro atoms. The maximum absolute atomic E-state index is 14.5. The van der Waals surface area contributed by atoms with E-state index in [0.29, 0.717) is 63.8 Å². The molecule has 0 unspecified atom stereocenters. The Bertz CT molecular complexity index is 1220. The number of ether oxygens (including phenoxy) is 1. The number of fused-ring (bicyclic) bond motifs is 2. The van der Waals surface area contributed by atoms with Crippen LogP contribution in [0.3, 0.4) is 0 Å². The quantitative estimate of drug-likeness (QED) is 0.238. The molecule has 1 fully saturated rings. The maximum Gasteiger partial charge on any atom is 0.297 e. The van der Waals surface area contributed by atoms with Crippen LogP contribution in [-0.4, -0.2) is 49.5 Å². The van der Waals surface area contributed by atoms with Crippen LogP contribution in [0.15, 0.2) is 52.9 Å². The van der Waals surface area contributed by atoms with Crippen molar-refractivity contribution < 1.29 is 22.4 Å². The second-order valence-electron chi connectivity index (χ2n) is 9.14. The predicted octanol–water partition coefficient (Wildman–Crippen LogP) is 6.29. The minimum absolute atomic E-state index is 0.0324. The van der Waals surface area contributed by atoms with E-state index in [-0.39, 0.29) is 11.3 Å². The summed E-state index contributed by atoms with van der Waals surface area (Å²) < 4.78 is 62.3. The maximum atomic E-state index is 14.5. The average Bonchev–Trinajstić information content (AvgIpc) is 3.25. The number of likely N-dealkylation sites (tertiary alicyclic amines) is 1. The van der Waals surface area contributed by atoms with E-state index in [4.69, 9.17) is 22.1 Å². The fourth-order valence-electron chi connectivity index (χ4n) is 4.43. The molecule has 2 aliphatic heterocycles. The first-order chi connectivity index (χ1) is 17.5. The molecule has 3 N–H and O–H groups in total. The van der Waals surface area contributed by atoms with Crippen LogP contribution < -0.4 is 11.1 Å². The topological polar surface area (TPSA) is 66.1 Å². The van der Waals surface area contributed by atoms with Crippen molar-refractivity contribution in [3.63, 3.8) is 0 Å². The largest absolute Gasteiger partial charge is 0.402 e. The summed E-state index contributed by atoms with van der Waals surface area (Å²) in [4.78, 5) is 6.97. The first-order valence-electron chi connectivity index (χ1n) is 11.6. The van der Waals surface area contributed by atoms with E-state index >= 15 is 0 Å². The molecule has 12 heteroatoms. The van der Waals surface area contributed by atoms with Crippen molar-refractivity contribution >= 4 is 40.5 Å². The number of para-hydroxylation sites is 1. The fraction of sp³-hybridized carbons (Fsp3) is 0.400. The number of anilines is 1. The van der Waals surface area contributed by atoms with E-state index in [2.05, 4.69) is 15.2 Å². The van der Waals surface area contributed by atoms with Gasteiger partial charge in [0.15, 0.2) is 5.82 Å². The molecule has 0 aliphatic carbocycles. The molecular weight excluding hydrogens is 530 g/mol. The minimum atomic E-state index is -3.05. The van der Waals surface area contributed by atoms with Gasteiger partial charge >= 0.3 is 0 Å². The van der Waals surface area contributed by atoms with Crippen molar-refractivity contribution in [3.8, 4) is 0 Å². The van der Waals surface area contributed by atoms with Crippen molar-refractivity contribution in [1.29, 1.82) is 0 Å². The smallest absolute Gasteiger partial charge is 0.297 e. The highest BCUT2D eigenvalue weighted by Crippen LogP contribution is 2.52. The number of nitrogens with two attached hydrogens (primary N) is 1. The van der Waals surface area contributed by atoms with Crippen molar-refractivity contribution in [2.75, 3.05) is 38.6 Å². The van der Waals surface area contributed by atoms with E-state index in [0.717, 1.165) is 17.5 Å². The molecule has 1 aromatic carbocycles. The summed E-state index contributed by atoms with van der Waals surface area (Å²) in [6, 6.07) is 5.78. The van der Waals surface area contributed by atoms with Crippen LogP contribution in [0, 0.1) is 5.82 Å². The molecule has 200 valence electrons. The summed E-state index contributed by atoms with van der Waals surface area (Å²) in [7, 11) is 1.22. The first-order valence-corrected chi connectivity index (χ1v) is 12.8. The fourth-order valence-corrected chi connectivity index (χ4v) is 5.91. The monoisotopic (exact) mass is 557 g/mol. The lowest BCUT2D eigenvalue weighted by molar-refractivity contribution is -0.181. The van der Waals surface area contributed by atoms with Gasteiger partial charge < -0.3 is 15.8 Å². The number of benzene rings is 1. The van der Waals surface area contributed by atoms with Crippen LogP contribution in [0.25, 0.3) is 0 Å². The Morgan fingerprint density at radius 3 is 2.76 bits per heavy atom. The second kappa shape index (κ2) is 11.0. The number of hydrogen-bond acceptors (Lipinski definition) is 7. The van der Waals surface area contributed by atoms with E-state index in [9.17, 15) is 17.7 Å². The number of aliphatic imine (C=N–C) groups is 1. The molecule has 0 amide bonds. The van der Waals surface area contributed by atoms with Crippen molar-refractivity contribution in [2.45, 2.75) is 31.3 Å². The lowest BCUT2D eigenvalue weighted by Gasteiger charge is -2.45. The summed E-state index contributed by atoms with van der Waals surface area (Å²) in [6.45, 7) is 2.68. The predicted molar refractivity (Wildman–Crippen MR) is 140 cm³/mol. The van der Waals surface area contributed by atoms with E-state index < -0.39 is 23.9 Å². The summed E-state index contributed by atoms with van der Waals surface area (Å²) in [6.07, 6.45) is 5.04. The third-order valence-corrected chi connectivity index (χ3v) is 7.91. The Balaban J connectivity index is 1.46. The number of alkyl halides is 2. The molecule has 4 rings (SSSR count). The van der Waals surface area contributed by atoms with Crippen molar-refractivity contribution in [1.82, 2.24) is 10.0 Å². The van der Waals surface area contributed by atoms with E-state index in [1.54, 1.807) is 13.0 Å². The van der Waals surface area contributed by atoms with E-state index in [1.807, 2.05) is 0 Å². The number of nitrogens with zero attached hydrogens (tertiary/aromatic N) is 3. The molecular formula is C25H28ClF4N5OS. The molecule has 3 heterocycles. The lowest BCUT2D eigenvalue weighted by atomic mass is 9.84. The minimum Gasteiger partial charge on any atom is -0.402 e. The number of rotatable bonds is 7. The molecule has 37 heavy (non-hydrogen) atoms. The Morgan fingerprint density at radius 2 is 2.08 bits per heavy atom. The summed E-state index contributed by atoms with van der Waals surface area (Å²) >= 11 is 7.25. The van der Waals surface area contributed by atoms with Gasteiger partial charge in [-0.05, 0) is 38.0 Å². The highest BCUT2D eigenvalue weighted by atomic mass is 35.5. The van der Waals surface area contributed by atoms with Crippen molar-refractivity contribution in [3.05, 3.63) is 68.5 Å². The van der Waals surface area contributed by atoms with Gasteiger partial charge in [0.2, 0.25) is 0 Å². The van der Waals surface area contributed by atoms with Gasteiger partial charge in [0.1, 0.15) is 17.9 Å². The number of hydrogen-bond donors (Lipinski definition) is 2. The van der Waals surface area contributed by atoms with Gasteiger partial charge in [0.05, 0.1) is 10.0 Å². The van der Waals surface area contributed by atoms with Gasteiger partial charge in [0.25, 0.3) is 5.92 Å². The molecule has 0 saturated carbocycles. The van der Waals surface area contributed by atoms with Gasteiger partial charge in [-0.2, -0.15) is 8.78 Å². The van der Waals surface area contributed by atoms with Crippen LogP contribution in [0.5, 0.6) is 0 Å². The number of allylic oxidation sites excluding steroid dienone is 1. The van der Waals surface area contributed by atoms with Gasteiger partial charge in [-0.3, -0.25) is 9.89 Å². The normalized spacial score (nSPS) is 19.9. The highest BCUT2D eigenvalue weighted by Gasteiger charge is 2.51. The van der Waals surface area contributed by atoms with Crippen molar-refractivity contribution in [2.24, 2.45) is 10.7 Å². The van der Waals surface area contributed by atoms with Gasteiger partial charge in [0, 0.05) is 67.0 Å². The third-order valence-electron chi connectivity index (χ3n) is 6.46. The molecule has 1 saturated heterocycles. The molecule has 0 atom stereocenters. The summed E-state index contributed by atoms with van der Waals surface area (Å²) in [5.74, 6) is -3.60. The van der Waals surface area contributed by atoms with Crippen LogP contribution >= 0.6 is 22.9 Å². The molecule has 0 radical (unpaired) electrons. The zero-order valence-corrected chi connectivity index (χ0v) is 22.0. The van der Waals surface area contributed by atoms with Crippen LogP contribution in [0.2, 0.25) is 4.34 Å². The van der Waals surface area contributed by atoms with E-state index in [1.165, 1.54) is 37.7 Å². The number of halogens is 5. The molecule has 0 bridgehead atoms. The van der Waals surface area contributed by atoms with Gasteiger partial charge in [-0.25, -0.2) is 9.51 Å². The Hall–Kier alpha value is -2.60. The number of nitrogens with one attached hydrogen (secondary N) is 1.